The number of hydrogen-bond donors (Lipinski definition) is 0. The molecule has 1 fully saturated rings. The molecule has 0 N–H and O–H groups in total. The number of benzene rings is 1. The van der Waals surface area contributed by atoms with Crippen molar-refractivity contribution < 1.29 is 14.2 Å². The van der Waals surface area contributed by atoms with Gasteiger partial charge in [-0.05, 0) is 49.9 Å². The SMILES string of the molecule is CCC(C)(C)Oc1nccc2cc(OCCN3CCOCC3)ccc12. The van der Waals surface area contributed by atoms with E-state index in [4.69, 9.17) is 14.2 Å². The van der Waals surface area contributed by atoms with Gasteiger partial charge in [0.1, 0.15) is 18.0 Å². The number of aromatic nitrogens is 1. The van der Waals surface area contributed by atoms with Crippen LogP contribution in [0.3, 0.4) is 0 Å². The van der Waals surface area contributed by atoms with Crippen LogP contribution in [0, 0.1) is 0 Å². The van der Waals surface area contributed by atoms with Crippen LogP contribution in [0.5, 0.6) is 11.6 Å². The van der Waals surface area contributed by atoms with Crippen molar-refractivity contribution in [1.29, 1.82) is 0 Å². The zero-order valence-electron chi connectivity index (χ0n) is 15.5. The van der Waals surface area contributed by atoms with Crippen LogP contribution in [-0.2, 0) is 4.74 Å². The van der Waals surface area contributed by atoms with Crippen LogP contribution in [0.2, 0.25) is 0 Å². The summed E-state index contributed by atoms with van der Waals surface area (Å²) in [6.07, 6.45) is 2.72. The van der Waals surface area contributed by atoms with E-state index in [1.165, 1.54) is 0 Å². The lowest BCUT2D eigenvalue weighted by atomic mass is 10.1. The van der Waals surface area contributed by atoms with Gasteiger partial charge in [0.2, 0.25) is 5.88 Å². The van der Waals surface area contributed by atoms with Crippen molar-refractivity contribution in [2.75, 3.05) is 39.5 Å². The van der Waals surface area contributed by atoms with Gasteiger partial charge < -0.3 is 14.2 Å². The van der Waals surface area contributed by atoms with E-state index in [1.807, 2.05) is 18.2 Å². The quantitative estimate of drug-likeness (QED) is 0.769. The van der Waals surface area contributed by atoms with Crippen molar-refractivity contribution in [3.63, 3.8) is 0 Å². The minimum atomic E-state index is -0.228. The molecule has 0 atom stereocenters. The van der Waals surface area contributed by atoms with E-state index in [0.29, 0.717) is 12.5 Å². The zero-order valence-corrected chi connectivity index (χ0v) is 15.5. The Bertz CT molecular complexity index is 696. The third kappa shape index (κ3) is 4.83. The fourth-order valence-electron chi connectivity index (χ4n) is 2.75. The summed E-state index contributed by atoms with van der Waals surface area (Å²) in [6, 6.07) is 8.08. The van der Waals surface area contributed by atoms with Gasteiger partial charge in [-0.1, -0.05) is 6.92 Å². The van der Waals surface area contributed by atoms with Gasteiger partial charge in [-0.25, -0.2) is 4.98 Å². The van der Waals surface area contributed by atoms with E-state index in [-0.39, 0.29) is 5.60 Å². The molecule has 1 aliphatic rings. The third-order valence-corrected chi connectivity index (χ3v) is 4.70. The summed E-state index contributed by atoms with van der Waals surface area (Å²) in [7, 11) is 0. The van der Waals surface area contributed by atoms with Gasteiger partial charge in [0.05, 0.1) is 13.2 Å². The Morgan fingerprint density at radius 1 is 1.20 bits per heavy atom. The van der Waals surface area contributed by atoms with Crippen LogP contribution < -0.4 is 9.47 Å². The van der Waals surface area contributed by atoms with E-state index in [2.05, 4.69) is 36.7 Å². The van der Waals surface area contributed by atoms with Gasteiger partial charge in [-0.2, -0.15) is 0 Å². The highest BCUT2D eigenvalue weighted by Crippen LogP contribution is 2.29. The summed E-state index contributed by atoms with van der Waals surface area (Å²) >= 11 is 0. The van der Waals surface area contributed by atoms with Crippen LogP contribution in [0.4, 0.5) is 0 Å². The Kier molecular flexibility index (Phi) is 5.76. The first kappa shape index (κ1) is 18.0. The Morgan fingerprint density at radius 3 is 2.76 bits per heavy atom. The Morgan fingerprint density at radius 2 is 2.00 bits per heavy atom. The number of nitrogens with zero attached hydrogens (tertiary/aromatic N) is 2. The molecule has 2 aromatic rings. The van der Waals surface area contributed by atoms with Gasteiger partial charge in [0.25, 0.3) is 0 Å². The van der Waals surface area contributed by atoms with Crippen LogP contribution in [0.15, 0.2) is 30.5 Å². The molecule has 1 aromatic heterocycles. The fourth-order valence-corrected chi connectivity index (χ4v) is 2.75. The second-order valence-corrected chi connectivity index (χ2v) is 7.02. The maximum absolute atomic E-state index is 6.09. The second-order valence-electron chi connectivity index (χ2n) is 7.02. The maximum Gasteiger partial charge on any atom is 0.221 e. The summed E-state index contributed by atoms with van der Waals surface area (Å²) < 4.78 is 17.4. The molecule has 0 unspecified atom stereocenters. The van der Waals surface area contributed by atoms with Crippen LogP contribution in [-0.4, -0.2) is 54.9 Å². The van der Waals surface area contributed by atoms with Gasteiger partial charge in [0.15, 0.2) is 0 Å². The predicted molar refractivity (Wildman–Crippen MR) is 99.5 cm³/mol. The Labute approximate surface area is 149 Å². The monoisotopic (exact) mass is 344 g/mol. The highest BCUT2D eigenvalue weighted by atomic mass is 16.5. The average molecular weight is 344 g/mol. The van der Waals surface area contributed by atoms with E-state index in [1.54, 1.807) is 6.20 Å². The summed E-state index contributed by atoms with van der Waals surface area (Å²) in [5.74, 6) is 1.57. The summed E-state index contributed by atoms with van der Waals surface area (Å²) in [5, 5.41) is 2.10. The molecule has 0 spiro atoms. The molecule has 136 valence electrons. The molecule has 5 heteroatoms. The number of rotatable bonds is 7. The lowest BCUT2D eigenvalue weighted by molar-refractivity contribution is 0.0322. The number of morpholine rings is 1. The minimum Gasteiger partial charge on any atom is -0.492 e. The molecular formula is C20H28N2O3. The standard InChI is InChI=1S/C20H28N2O3/c1-4-20(2,3)25-19-18-6-5-17(15-16(18)7-8-21-19)24-14-11-22-9-12-23-13-10-22/h5-8,15H,4,9-14H2,1-3H3. The molecule has 25 heavy (non-hydrogen) atoms. The lowest BCUT2D eigenvalue weighted by Crippen LogP contribution is -2.38. The summed E-state index contributed by atoms with van der Waals surface area (Å²) in [4.78, 5) is 6.78. The number of pyridine rings is 1. The van der Waals surface area contributed by atoms with Gasteiger partial charge in [-0.15, -0.1) is 0 Å². The van der Waals surface area contributed by atoms with Crippen molar-refractivity contribution in [1.82, 2.24) is 9.88 Å². The molecule has 1 saturated heterocycles. The summed E-state index contributed by atoms with van der Waals surface area (Å²) in [5.41, 5.74) is -0.228. The topological polar surface area (TPSA) is 43.8 Å². The molecule has 0 amide bonds. The first-order valence-electron chi connectivity index (χ1n) is 9.08. The fraction of sp³-hybridized carbons (Fsp3) is 0.550. The number of hydrogen-bond acceptors (Lipinski definition) is 5. The minimum absolute atomic E-state index is 0.228. The van der Waals surface area contributed by atoms with Gasteiger partial charge in [-0.3, -0.25) is 4.90 Å². The van der Waals surface area contributed by atoms with E-state index >= 15 is 0 Å². The molecule has 1 aliphatic heterocycles. The first-order chi connectivity index (χ1) is 12.1. The van der Waals surface area contributed by atoms with Crippen LogP contribution >= 0.6 is 0 Å². The van der Waals surface area contributed by atoms with Gasteiger partial charge in [0, 0.05) is 31.2 Å². The molecule has 0 radical (unpaired) electrons. The van der Waals surface area contributed by atoms with Crippen molar-refractivity contribution >= 4 is 10.8 Å². The Balaban J connectivity index is 1.65. The molecule has 0 bridgehead atoms. The molecular weight excluding hydrogens is 316 g/mol. The Hall–Kier alpha value is -1.85. The predicted octanol–water partition coefficient (Wildman–Crippen LogP) is 3.51. The van der Waals surface area contributed by atoms with Crippen LogP contribution in [0.1, 0.15) is 27.2 Å². The van der Waals surface area contributed by atoms with E-state index in [0.717, 1.165) is 55.8 Å². The molecule has 1 aromatic carbocycles. The highest BCUT2D eigenvalue weighted by Gasteiger charge is 2.19. The van der Waals surface area contributed by atoms with Crippen molar-refractivity contribution in [3.05, 3.63) is 30.5 Å². The normalized spacial score (nSPS) is 16.1. The van der Waals surface area contributed by atoms with E-state index < -0.39 is 0 Å². The zero-order chi connectivity index (χ0) is 17.7. The maximum atomic E-state index is 6.09. The molecule has 2 heterocycles. The van der Waals surface area contributed by atoms with Crippen molar-refractivity contribution in [2.24, 2.45) is 0 Å². The van der Waals surface area contributed by atoms with E-state index in [9.17, 15) is 0 Å². The molecule has 3 rings (SSSR count). The van der Waals surface area contributed by atoms with Crippen LogP contribution in [0.25, 0.3) is 10.8 Å². The first-order valence-corrected chi connectivity index (χ1v) is 9.08. The largest absolute Gasteiger partial charge is 0.492 e. The highest BCUT2D eigenvalue weighted by molar-refractivity contribution is 5.87. The second kappa shape index (κ2) is 8.02. The molecule has 0 aliphatic carbocycles. The lowest BCUT2D eigenvalue weighted by Gasteiger charge is -2.26. The molecule has 5 nitrogen and oxygen atoms in total. The van der Waals surface area contributed by atoms with Gasteiger partial charge >= 0.3 is 0 Å². The van der Waals surface area contributed by atoms with Crippen molar-refractivity contribution in [3.8, 4) is 11.6 Å². The number of fused-ring (bicyclic) bond motifs is 1. The average Bonchev–Trinajstić information content (AvgIpc) is 2.62. The summed E-state index contributed by atoms with van der Waals surface area (Å²) in [6.45, 7) is 11.5. The smallest absolute Gasteiger partial charge is 0.221 e. The number of ether oxygens (including phenoxy) is 3. The van der Waals surface area contributed by atoms with Crippen molar-refractivity contribution in [2.45, 2.75) is 32.8 Å². The third-order valence-electron chi connectivity index (χ3n) is 4.70. The molecule has 0 saturated carbocycles.